The van der Waals surface area contributed by atoms with Crippen LogP contribution in [0.5, 0.6) is 0 Å². The Bertz CT molecular complexity index is 1270. The number of sulfonamides is 1. The van der Waals surface area contributed by atoms with E-state index in [9.17, 15) is 18.5 Å². The van der Waals surface area contributed by atoms with Crippen LogP contribution in [0, 0.1) is 17.0 Å². The van der Waals surface area contributed by atoms with Crippen LogP contribution in [0.4, 0.5) is 17.1 Å². The molecule has 0 radical (unpaired) electrons. The molecule has 0 unspecified atom stereocenters. The Balaban J connectivity index is 1.91. The van der Waals surface area contributed by atoms with Crippen LogP contribution in [0.1, 0.15) is 16.7 Å². The van der Waals surface area contributed by atoms with Gasteiger partial charge in [-0.2, -0.15) is 0 Å². The normalized spacial score (nSPS) is 14.7. The number of aryl methyl sites for hydroxylation is 1. The summed E-state index contributed by atoms with van der Waals surface area (Å²) in [6.45, 7) is 1.90. The molecular formula is C22H19N3O4S. The fourth-order valence-corrected chi connectivity index (χ4v) is 4.97. The maximum atomic E-state index is 13.4. The Morgan fingerprint density at radius 2 is 1.73 bits per heavy atom. The van der Waals surface area contributed by atoms with Crippen molar-refractivity contribution < 1.29 is 13.3 Å². The van der Waals surface area contributed by atoms with Crippen molar-refractivity contribution in [1.82, 2.24) is 0 Å². The fraction of sp³-hybridized carbons (Fsp3) is 0.0909. The van der Waals surface area contributed by atoms with E-state index in [-0.39, 0.29) is 28.5 Å². The van der Waals surface area contributed by atoms with Crippen LogP contribution in [0.15, 0.2) is 71.6 Å². The first-order valence-corrected chi connectivity index (χ1v) is 10.6. The van der Waals surface area contributed by atoms with Crippen LogP contribution in [-0.2, 0) is 10.0 Å². The zero-order chi connectivity index (χ0) is 21.5. The van der Waals surface area contributed by atoms with Crippen molar-refractivity contribution in [2.24, 2.45) is 0 Å². The molecule has 1 aliphatic heterocycles. The summed E-state index contributed by atoms with van der Waals surface area (Å²) >= 11 is 0. The standard InChI is InChI=1S/C22H19N3O4S/c1-15-7-9-19(10-8-15)30(28,29)24-14-17(11-16-5-3-2-4-6-16)22-20(23)12-18(25(26)27)13-21(22)24/h2-13H,14,23H2,1H3. The fourth-order valence-electron chi connectivity index (χ4n) is 3.52. The molecule has 0 aliphatic carbocycles. The van der Waals surface area contributed by atoms with Crippen molar-refractivity contribution in [2.75, 3.05) is 16.6 Å². The summed E-state index contributed by atoms with van der Waals surface area (Å²) < 4.78 is 28.0. The van der Waals surface area contributed by atoms with E-state index in [1.165, 1.54) is 28.6 Å². The van der Waals surface area contributed by atoms with Crippen LogP contribution in [0.2, 0.25) is 0 Å². The van der Waals surface area contributed by atoms with Gasteiger partial charge in [-0.1, -0.05) is 48.0 Å². The molecule has 0 saturated heterocycles. The van der Waals surface area contributed by atoms with Gasteiger partial charge in [0.1, 0.15) is 0 Å². The molecule has 1 aliphatic rings. The second-order valence-corrected chi connectivity index (χ2v) is 8.95. The van der Waals surface area contributed by atoms with E-state index in [1.807, 2.05) is 43.3 Å². The molecular weight excluding hydrogens is 402 g/mol. The number of benzene rings is 3. The lowest BCUT2D eigenvalue weighted by Crippen LogP contribution is -2.29. The summed E-state index contributed by atoms with van der Waals surface area (Å²) in [5.41, 5.74) is 9.27. The SMILES string of the molecule is Cc1ccc(S(=O)(=O)N2CC(=Cc3ccccc3)c3c(N)cc([N+](=O)[O-])cc32)cc1. The average molecular weight is 421 g/mol. The largest absolute Gasteiger partial charge is 0.398 e. The van der Waals surface area contributed by atoms with Crippen LogP contribution < -0.4 is 10.0 Å². The number of anilines is 2. The Morgan fingerprint density at radius 3 is 2.37 bits per heavy atom. The Labute approximate surface area is 174 Å². The van der Waals surface area contributed by atoms with Gasteiger partial charge >= 0.3 is 0 Å². The molecule has 3 aromatic carbocycles. The molecule has 0 fully saturated rings. The molecule has 0 bridgehead atoms. The summed E-state index contributed by atoms with van der Waals surface area (Å²) in [7, 11) is -3.94. The van der Waals surface area contributed by atoms with E-state index in [0.717, 1.165) is 11.1 Å². The van der Waals surface area contributed by atoms with E-state index in [0.29, 0.717) is 11.1 Å². The van der Waals surface area contributed by atoms with Gasteiger partial charge in [0.15, 0.2) is 0 Å². The average Bonchev–Trinajstić information content (AvgIpc) is 3.08. The van der Waals surface area contributed by atoms with E-state index in [1.54, 1.807) is 12.1 Å². The minimum absolute atomic E-state index is 0.0335. The lowest BCUT2D eigenvalue weighted by molar-refractivity contribution is -0.384. The Hall–Kier alpha value is -3.65. The molecule has 0 aromatic heterocycles. The van der Waals surface area contributed by atoms with Gasteiger partial charge in [0.2, 0.25) is 0 Å². The monoisotopic (exact) mass is 421 g/mol. The number of rotatable bonds is 4. The predicted molar refractivity (Wildman–Crippen MR) is 118 cm³/mol. The number of hydrogen-bond donors (Lipinski definition) is 1. The van der Waals surface area contributed by atoms with Gasteiger partial charge in [0, 0.05) is 23.4 Å². The number of nitrogens with zero attached hydrogens (tertiary/aromatic N) is 2. The number of nitro groups is 1. The van der Waals surface area contributed by atoms with E-state index >= 15 is 0 Å². The number of nitrogens with two attached hydrogens (primary N) is 1. The van der Waals surface area contributed by atoms with E-state index in [2.05, 4.69) is 0 Å². The van der Waals surface area contributed by atoms with Gasteiger partial charge < -0.3 is 5.73 Å². The molecule has 30 heavy (non-hydrogen) atoms. The highest BCUT2D eigenvalue weighted by Crippen LogP contribution is 2.45. The number of non-ortho nitro benzene ring substituents is 1. The van der Waals surface area contributed by atoms with Gasteiger partial charge in [0.05, 0.1) is 22.1 Å². The zero-order valence-electron chi connectivity index (χ0n) is 16.1. The van der Waals surface area contributed by atoms with E-state index < -0.39 is 14.9 Å². The molecule has 152 valence electrons. The molecule has 8 heteroatoms. The van der Waals surface area contributed by atoms with E-state index in [4.69, 9.17) is 5.73 Å². The molecule has 2 N–H and O–H groups in total. The highest BCUT2D eigenvalue weighted by Gasteiger charge is 2.36. The second kappa shape index (κ2) is 7.31. The first kappa shape index (κ1) is 19.7. The Kier molecular flexibility index (Phi) is 4.79. The molecule has 0 atom stereocenters. The predicted octanol–water partition coefficient (Wildman–Crippen LogP) is 4.23. The molecule has 7 nitrogen and oxygen atoms in total. The number of nitrogen functional groups attached to an aromatic ring is 1. The third-order valence-corrected chi connectivity index (χ3v) is 6.77. The van der Waals surface area contributed by atoms with Crippen LogP contribution in [0.3, 0.4) is 0 Å². The molecule has 4 rings (SSSR count). The summed E-state index contributed by atoms with van der Waals surface area (Å²) in [6, 6.07) is 18.5. The first-order chi connectivity index (χ1) is 14.3. The van der Waals surface area contributed by atoms with Gasteiger partial charge in [-0.15, -0.1) is 0 Å². The highest BCUT2D eigenvalue weighted by atomic mass is 32.2. The van der Waals surface area contributed by atoms with Crippen LogP contribution in [0.25, 0.3) is 11.6 Å². The third kappa shape index (κ3) is 3.42. The molecule has 0 saturated carbocycles. The van der Waals surface area contributed by atoms with Crippen molar-refractivity contribution in [3.8, 4) is 0 Å². The Morgan fingerprint density at radius 1 is 1.07 bits per heavy atom. The number of nitro benzene ring substituents is 1. The molecule has 1 heterocycles. The van der Waals surface area contributed by atoms with Crippen LogP contribution >= 0.6 is 0 Å². The summed E-state index contributed by atoms with van der Waals surface area (Å²) in [5, 5.41) is 11.4. The second-order valence-electron chi connectivity index (χ2n) is 7.09. The highest BCUT2D eigenvalue weighted by molar-refractivity contribution is 7.92. The van der Waals surface area contributed by atoms with Crippen molar-refractivity contribution >= 4 is 38.7 Å². The van der Waals surface area contributed by atoms with Gasteiger partial charge in [0.25, 0.3) is 15.7 Å². The zero-order valence-corrected chi connectivity index (χ0v) is 17.0. The minimum Gasteiger partial charge on any atom is -0.398 e. The lowest BCUT2D eigenvalue weighted by atomic mass is 10.0. The van der Waals surface area contributed by atoms with Crippen molar-refractivity contribution in [3.05, 3.63) is 93.5 Å². The maximum Gasteiger partial charge on any atom is 0.273 e. The third-order valence-electron chi connectivity index (χ3n) is 5.00. The van der Waals surface area contributed by atoms with Crippen molar-refractivity contribution in [2.45, 2.75) is 11.8 Å². The summed E-state index contributed by atoms with van der Waals surface area (Å²) in [5.74, 6) is 0. The quantitative estimate of drug-likeness (QED) is 0.385. The molecule has 0 spiro atoms. The summed E-state index contributed by atoms with van der Waals surface area (Å²) in [4.78, 5) is 10.9. The van der Waals surface area contributed by atoms with Crippen molar-refractivity contribution in [3.63, 3.8) is 0 Å². The number of fused-ring (bicyclic) bond motifs is 1. The molecule has 3 aromatic rings. The maximum absolute atomic E-state index is 13.4. The smallest absolute Gasteiger partial charge is 0.273 e. The first-order valence-electron chi connectivity index (χ1n) is 9.20. The molecule has 0 amide bonds. The topological polar surface area (TPSA) is 107 Å². The minimum atomic E-state index is -3.94. The lowest BCUT2D eigenvalue weighted by Gasteiger charge is -2.19. The van der Waals surface area contributed by atoms with Crippen molar-refractivity contribution in [1.29, 1.82) is 0 Å². The van der Waals surface area contributed by atoms with Gasteiger partial charge in [-0.05, 0) is 36.3 Å². The number of hydrogen-bond acceptors (Lipinski definition) is 5. The van der Waals surface area contributed by atoms with Gasteiger partial charge in [-0.25, -0.2) is 8.42 Å². The summed E-state index contributed by atoms with van der Waals surface area (Å²) in [6.07, 6.45) is 1.85. The van der Waals surface area contributed by atoms with Crippen LogP contribution in [-0.4, -0.2) is 19.9 Å². The van der Waals surface area contributed by atoms with Gasteiger partial charge in [-0.3, -0.25) is 14.4 Å².